The van der Waals surface area contributed by atoms with Crippen molar-refractivity contribution in [3.63, 3.8) is 0 Å². The van der Waals surface area contributed by atoms with Gasteiger partial charge in [0.2, 0.25) is 0 Å². The lowest BCUT2D eigenvalue weighted by atomic mass is 9.88. The Hall–Kier alpha value is -1.33. The highest BCUT2D eigenvalue weighted by Crippen LogP contribution is 2.32. The van der Waals surface area contributed by atoms with Gasteiger partial charge in [0.1, 0.15) is 11.4 Å². The van der Waals surface area contributed by atoms with Crippen molar-refractivity contribution in [2.45, 2.75) is 99.3 Å². The molecule has 2 unspecified atom stereocenters. The number of hydrogen-bond donors (Lipinski definition) is 0. The summed E-state index contributed by atoms with van der Waals surface area (Å²) in [5.41, 5.74) is -0.456. The van der Waals surface area contributed by atoms with E-state index in [9.17, 15) is 4.79 Å². The number of esters is 1. The van der Waals surface area contributed by atoms with Gasteiger partial charge in [0, 0.05) is 18.5 Å². The molecular weight excluding hydrogens is 388 g/mol. The molecule has 0 aromatic carbocycles. The maximum Gasteiger partial charge on any atom is 0.303 e. The normalized spacial score (nSPS) is 22.6. The highest BCUT2D eigenvalue weighted by molar-refractivity contribution is 6.29. The molecule has 1 saturated heterocycles. The number of rotatable bonds is 5. The summed E-state index contributed by atoms with van der Waals surface area (Å²) in [6.45, 7) is 24.6. The fraction of sp³-hybridized carbons (Fsp3) is 0.739. The number of hydrogen-bond acceptors (Lipinski definition) is 5. The van der Waals surface area contributed by atoms with Crippen LogP contribution in [0.3, 0.4) is 0 Å². The van der Waals surface area contributed by atoms with E-state index in [1.165, 1.54) is 6.92 Å². The van der Waals surface area contributed by atoms with Crippen LogP contribution in [0.1, 0.15) is 82.1 Å². The molecule has 1 heterocycles. The Morgan fingerprint density at radius 3 is 2.17 bits per heavy atom. The number of morpholine rings is 1. The number of nitrogens with zero attached hydrogens (tertiary/aromatic N) is 2. The van der Waals surface area contributed by atoms with Gasteiger partial charge in [0.25, 0.3) is 0 Å². The number of ether oxygens (including phenoxy) is 2. The maximum atomic E-state index is 10.2. The quantitative estimate of drug-likeness (QED) is 0.290. The van der Waals surface area contributed by atoms with E-state index in [0.29, 0.717) is 6.04 Å². The maximum absolute atomic E-state index is 10.2. The molecule has 2 atom stereocenters. The van der Waals surface area contributed by atoms with Crippen molar-refractivity contribution in [1.82, 2.24) is 4.90 Å². The Morgan fingerprint density at radius 2 is 1.86 bits per heavy atom. The van der Waals surface area contributed by atoms with Gasteiger partial charge in [-0.25, -0.2) is 4.99 Å². The Balaban J connectivity index is 0. The van der Waals surface area contributed by atoms with E-state index < -0.39 is 0 Å². The van der Waals surface area contributed by atoms with Gasteiger partial charge in [-0.2, -0.15) is 0 Å². The Kier molecular flexibility index (Phi) is 15.1. The molecule has 0 aromatic heterocycles. The molecule has 170 valence electrons. The number of halogens is 1. The van der Waals surface area contributed by atoms with Crippen LogP contribution >= 0.6 is 11.6 Å². The van der Waals surface area contributed by atoms with E-state index in [2.05, 4.69) is 37.4 Å². The van der Waals surface area contributed by atoms with Crippen LogP contribution in [-0.2, 0) is 14.3 Å². The van der Waals surface area contributed by atoms with E-state index in [-0.39, 0.29) is 17.2 Å². The molecule has 1 aliphatic heterocycles. The number of aliphatic imine (C=N–C) groups is 1. The monoisotopic (exact) mass is 430 g/mol. The minimum absolute atomic E-state index is 0.128. The summed E-state index contributed by atoms with van der Waals surface area (Å²) in [4.78, 5) is 16.7. The van der Waals surface area contributed by atoms with Gasteiger partial charge in [0.15, 0.2) is 0 Å². The minimum Gasteiger partial charge on any atom is -0.460 e. The molecule has 0 N–H and O–H groups in total. The third kappa shape index (κ3) is 12.1. The summed E-state index contributed by atoms with van der Waals surface area (Å²) in [6.07, 6.45) is 5.79. The van der Waals surface area contributed by atoms with Crippen LogP contribution in [0, 0.1) is 0 Å². The third-order valence-electron chi connectivity index (χ3n) is 4.30. The van der Waals surface area contributed by atoms with Gasteiger partial charge in [-0.1, -0.05) is 39.3 Å². The molecular formula is C23H43ClN2O3. The largest absolute Gasteiger partial charge is 0.460 e. The Labute approximate surface area is 184 Å². The average Bonchev–Trinajstić information content (AvgIpc) is 2.62. The van der Waals surface area contributed by atoms with Gasteiger partial charge in [-0.3, -0.25) is 4.79 Å². The van der Waals surface area contributed by atoms with Crippen LogP contribution in [0.5, 0.6) is 0 Å². The summed E-state index contributed by atoms with van der Waals surface area (Å²) in [7, 11) is 0. The third-order valence-corrected chi connectivity index (χ3v) is 4.43. The summed E-state index contributed by atoms with van der Waals surface area (Å²) in [5.74, 6) is 0.646. The minimum atomic E-state index is -0.328. The fourth-order valence-corrected chi connectivity index (χ4v) is 3.15. The summed E-state index contributed by atoms with van der Waals surface area (Å²) in [5, 5.41) is 0.737. The van der Waals surface area contributed by atoms with E-state index in [0.717, 1.165) is 36.8 Å². The van der Waals surface area contributed by atoms with Crippen molar-refractivity contribution in [2.75, 3.05) is 13.2 Å². The van der Waals surface area contributed by atoms with E-state index >= 15 is 0 Å². The van der Waals surface area contributed by atoms with Gasteiger partial charge in [0.05, 0.1) is 18.2 Å². The number of allylic oxidation sites excluding steroid dienone is 3. The predicted molar refractivity (Wildman–Crippen MR) is 126 cm³/mol. The van der Waals surface area contributed by atoms with Gasteiger partial charge < -0.3 is 14.4 Å². The molecule has 29 heavy (non-hydrogen) atoms. The molecule has 0 aliphatic carbocycles. The second kappa shape index (κ2) is 14.6. The predicted octanol–water partition coefficient (Wildman–Crippen LogP) is 6.32. The highest BCUT2D eigenvalue weighted by atomic mass is 35.5. The first-order chi connectivity index (χ1) is 13.4. The molecule has 1 rings (SSSR count). The first kappa shape index (κ1) is 29.9. The molecule has 6 heteroatoms. The van der Waals surface area contributed by atoms with Crippen molar-refractivity contribution >= 4 is 24.3 Å². The Bertz CT molecular complexity index is 549. The first-order valence-electron chi connectivity index (χ1n) is 10.5. The van der Waals surface area contributed by atoms with Crippen LogP contribution in [0.4, 0.5) is 0 Å². The number of carbonyl (C=O) groups excluding carboxylic acids is 1. The van der Waals surface area contributed by atoms with E-state index in [4.69, 9.17) is 21.1 Å². The van der Waals surface area contributed by atoms with Gasteiger partial charge in [-0.15, -0.1) is 0 Å². The molecule has 1 fully saturated rings. The topological polar surface area (TPSA) is 51.1 Å². The average molecular weight is 431 g/mol. The zero-order valence-corrected chi connectivity index (χ0v) is 21.0. The summed E-state index contributed by atoms with van der Waals surface area (Å²) >= 11 is 5.88. The van der Waals surface area contributed by atoms with Crippen LogP contribution < -0.4 is 0 Å². The summed E-state index contributed by atoms with van der Waals surface area (Å²) < 4.78 is 10.8. The molecule has 0 spiro atoms. The zero-order valence-electron chi connectivity index (χ0n) is 20.3. The lowest BCUT2D eigenvalue weighted by Crippen LogP contribution is -2.57. The molecule has 0 aromatic rings. The molecule has 5 nitrogen and oxygen atoms in total. The second-order valence-electron chi connectivity index (χ2n) is 7.77. The van der Waals surface area contributed by atoms with Crippen LogP contribution in [0.2, 0.25) is 0 Å². The molecule has 0 bridgehead atoms. The van der Waals surface area contributed by atoms with Crippen LogP contribution in [0.15, 0.2) is 28.0 Å². The van der Waals surface area contributed by atoms with Crippen molar-refractivity contribution < 1.29 is 14.3 Å². The Morgan fingerprint density at radius 1 is 1.31 bits per heavy atom. The second-order valence-corrected chi connectivity index (χ2v) is 8.37. The SMILES string of the molecule is C=N/C(=C\C=C(/C)Cl)N1CCOC(C)(CC)C1CC.CC.CC(=O)OC(C)(C)C. The van der Waals surface area contributed by atoms with Gasteiger partial charge in [-0.05, 0) is 66.3 Å². The van der Waals surface area contributed by atoms with E-state index in [1.807, 2.05) is 53.7 Å². The lowest BCUT2D eigenvalue weighted by molar-refractivity contribution is -0.151. The molecule has 1 aliphatic rings. The van der Waals surface area contributed by atoms with Crippen molar-refractivity contribution in [3.05, 3.63) is 23.0 Å². The first-order valence-corrected chi connectivity index (χ1v) is 10.9. The van der Waals surface area contributed by atoms with Gasteiger partial charge >= 0.3 is 5.97 Å². The highest BCUT2D eigenvalue weighted by Gasteiger charge is 2.40. The molecule has 0 amide bonds. The standard InChI is InChI=1S/C15H25ClN2O.C6H12O2.C2H6/c1-6-13-15(4,7-2)19-11-10-18(13)14(17-5)9-8-12(3)16;1-5(7)8-6(2,3)4;1-2/h8-9,13H,5-7,10-11H2,1-4H3;1-4H3;1-2H3/b12-8+,14-9+;;. The molecule has 0 saturated carbocycles. The lowest BCUT2D eigenvalue weighted by Gasteiger charge is -2.48. The fourth-order valence-electron chi connectivity index (χ4n) is 3.08. The molecule has 0 radical (unpaired) electrons. The zero-order chi connectivity index (χ0) is 23.3. The smallest absolute Gasteiger partial charge is 0.303 e. The van der Waals surface area contributed by atoms with Crippen molar-refractivity contribution in [3.8, 4) is 0 Å². The summed E-state index contributed by atoms with van der Waals surface area (Å²) in [6, 6.07) is 0.312. The van der Waals surface area contributed by atoms with Crippen molar-refractivity contribution in [2.24, 2.45) is 4.99 Å². The van der Waals surface area contributed by atoms with Crippen molar-refractivity contribution in [1.29, 1.82) is 0 Å². The van der Waals surface area contributed by atoms with E-state index in [1.54, 1.807) is 0 Å². The number of carbonyl (C=O) groups is 1. The van der Waals surface area contributed by atoms with Crippen LogP contribution in [0.25, 0.3) is 0 Å². The van der Waals surface area contributed by atoms with Crippen LogP contribution in [-0.4, -0.2) is 48.0 Å².